The second-order valence-electron chi connectivity index (χ2n) is 4.20. The molecule has 0 bridgehead atoms. The van der Waals surface area contributed by atoms with E-state index in [4.69, 9.17) is 5.11 Å². The molecule has 0 heterocycles. The summed E-state index contributed by atoms with van der Waals surface area (Å²) in [5.74, 6) is -1.21. The minimum Gasteiger partial charge on any atom is -0.481 e. The molecule has 0 saturated heterocycles. The Kier molecular flexibility index (Phi) is 4.67. The largest absolute Gasteiger partial charge is 0.481 e. The van der Waals surface area contributed by atoms with Crippen LogP contribution in [0.15, 0.2) is 0 Å². The molecular weight excluding hydrogens is 168 g/mol. The van der Waals surface area contributed by atoms with Gasteiger partial charge in [-0.2, -0.15) is 0 Å². The molecule has 0 rings (SSSR count). The number of aliphatic carboxylic acids is 1. The van der Waals surface area contributed by atoms with Crippen LogP contribution in [0.3, 0.4) is 0 Å². The molecule has 0 aromatic rings. The Hall–Kier alpha value is -0.860. The SMILES string of the molecule is CCCC(C)(C)CC(=O)CC(=O)O. The van der Waals surface area contributed by atoms with Crippen LogP contribution in [-0.4, -0.2) is 16.9 Å². The van der Waals surface area contributed by atoms with E-state index in [0.717, 1.165) is 12.8 Å². The van der Waals surface area contributed by atoms with Gasteiger partial charge in [-0.25, -0.2) is 0 Å². The topological polar surface area (TPSA) is 54.4 Å². The van der Waals surface area contributed by atoms with Gasteiger partial charge in [0.15, 0.2) is 0 Å². The molecule has 0 amide bonds. The summed E-state index contributed by atoms with van der Waals surface area (Å²) in [5.41, 5.74) is -0.0543. The van der Waals surface area contributed by atoms with Gasteiger partial charge in [0.05, 0.1) is 0 Å². The van der Waals surface area contributed by atoms with Gasteiger partial charge in [-0.3, -0.25) is 9.59 Å². The summed E-state index contributed by atoms with van der Waals surface area (Å²) in [5, 5.41) is 8.39. The second kappa shape index (κ2) is 5.00. The molecular formula is C10H18O3. The maximum atomic E-state index is 11.2. The van der Waals surface area contributed by atoms with Gasteiger partial charge in [-0.05, 0) is 11.8 Å². The van der Waals surface area contributed by atoms with Crippen molar-refractivity contribution in [1.29, 1.82) is 0 Å². The molecule has 0 aromatic heterocycles. The van der Waals surface area contributed by atoms with Crippen molar-refractivity contribution in [2.45, 2.75) is 46.5 Å². The monoisotopic (exact) mass is 186 g/mol. The van der Waals surface area contributed by atoms with Crippen molar-refractivity contribution >= 4 is 11.8 Å². The third-order valence-electron chi connectivity index (χ3n) is 1.95. The minimum atomic E-state index is -1.03. The highest BCUT2D eigenvalue weighted by atomic mass is 16.4. The smallest absolute Gasteiger partial charge is 0.310 e. The number of Topliss-reactive ketones (excluding diaryl/α,β-unsaturated/α-hetero) is 1. The predicted octanol–water partition coefficient (Wildman–Crippen LogP) is 2.25. The van der Waals surface area contributed by atoms with Crippen LogP contribution >= 0.6 is 0 Å². The summed E-state index contributed by atoms with van der Waals surface area (Å²) >= 11 is 0. The second-order valence-corrected chi connectivity index (χ2v) is 4.20. The highest BCUT2D eigenvalue weighted by Gasteiger charge is 2.21. The average molecular weight is 186 g/mol. The lowest BCUT2D eigenvalue weighted by molar-refractivity contribution is -0.140. The summed E-state index contributed by atoms with van der Waals surface area (Å²) in [6.45, 7) is 6.05. The molecule has 0 aromatic carbocycles. The van der Waals surface area contributed by atoms with Crippen molar-refractivity contribution in [2.75, 3.05) is 0 Å². The molecule has 0 aliphatic heterocycles. The molecule has 0 atom stereocenters. The van der Waals surface area contributed by atoms with Gasteiger partial charge in [-0.1, -0.05) is 27.2 Å². The third-order valence-corrected chi connectivity index (χ3v) is 1.95. The number of carbonyl (C=O) groups is 2. The van der Waals surface area contributed by atoms with Crippen LogP contribution in [0.1, 0.15) is 46.5 Å². The van der Waals surface area contributed by atoms with Crippen LogP contribution < -0.4 is 0 Å². The van der Waals surface area contributed by atoms with Gasteiger partial charge in [0.2, 0.25) is 0 Å². The number of rotatable bonds is 6. The van der Waals surface area contributed by atoms with Crippen molar-refractivity contribution in [3.63, 3.8) is 0 Å². The Labute approximate surface area is 79.1 Å². The normalized spacial score (nSPS) is 11.3. The Balaban J connectivity index is 3.96. The highest BCUT2D eigenvalue weighted by molar-refractivity contribution is 5.94. The fourth-order valence-electron chi connectivity index (χ4n) is 1.53. The lowest BCUT2D eigenvalue weighted by atomic mass is 9.82. The molecule has 0 unspecified atom stereocenters. The van der Waals surface area contributed by atoms with Gasteiger partial charge in [0.25, 0.3) is 0 Å². The molecule has 3 heteroatoms. The maximum absolute atomic E-state index is 11.2. The van der Waals surface area contributed by atoms with Crippen LogP contribution in [-0.2, 0) is 9.59 Å². The van der Waals surface area contributed by atoms with Crippen LogP contribution in [0.5, 0.6) is 0 Å². The molecule has 0 fully saturated rings. The molecule has 76 valence electrons. The van der Waals surface area contributed by atoms with Gasteiger partial charge >= 0.3 is 5.97 Å². The first kappa shape index (κ1) is 12.1. The Morgan fingerprint density at radius 2 is 1.85 bits per heavy atom. The third kappa shape index (κ3) is 6.31. The summed E-state index contributed by atoms with van der Waals surface area (Å²) in [7, 11) is 0. The molecule has 13 heavy (non-hydrogen) atoms. The number of hydrogen-bond acceptors (Lipinski definition) is 2. The number of carbonyl (C=O) groups excluding carboxylic acids is 1. The predicted molar refractivity (Wildman–Crippen MR) is 50.6 cm³/mol. The number of carboxylic acids is 1. The molecule has 3 nitrogen and oxygen atoms in total. The van der Waals surface area contributed by atoms with E-state index in [1.54, 1.807) is 0 Å². The van der Waals surface area contributed by atoms with Crippen LogP contribution in [0.25, 0.3) is 0 Å². The highest BCUT2D eigenvalue weighted by Crippen LogP contribution is 2.27. The lowest BCUT2D eigenvalue weighted by Crippen LogP contribution is -2.18. The minimum absolute atomic E-state index is 0.0543. The first-order valence-corrected chi connectivity index (χ1v) is 4.61. The van der Waals surface area contributed by atoms with E-state index >= 15 is 0 Å². The Morgan fingerprint density at radius 1 is 1.31 bits per heavy atom. The lowest BCUT2D eigenvalue weighted by Gasteiger charge is -2.22. The summed E-state index contributed by atoms with van der Waals surface area (Å²) in [4.78, 5) is 21.4. The Morgan fingerprint density at radius 3 is 2.23 bits per heavy atom. The summed E-state index contributed by atoms with van der Waals surface area (Å²) < 4.78 is 0. The van der Waals surface area contributed by atoms with E-state index in [-0.39, 0.29) is 17.6 Å². The van der Waals surface area contributed by atoms with Crippen molar-refractivity contribution in [3.05, 3.63) is 0 Å². The van der Waals surface area contributed by atoms with E-state index in [0.29, 0.717) is 6.42 Å². The molecule has 0 aliphatic rings. The zero-order valence-electron chi connectivity index (χ0n) is 8.59. The van der Waals surface area contributed by atoms with Crippen molar-refractivity contribution < 1.29 is 14.7 Å². The molecule has 0 aliphatic carbocycles. The number of ketones is 1. The fraction of sp³-hybridized carbons (Fsp3) is 0.800. The quantitative estimate of drug-likeness (QED) is 0.647. The molecule has 0 radical (unpaired) electrons. The van der Waals surface area contributed by atoms with E-state index in [2.05, 4.69) is 6.92 Å². The first-order chi connectivity index (χ1) is 5.87. The van der Waals surface area contributed by atoms with Gasteiger partial charge in [0.1, 0.15) is 12.2 Å². The molecule has 0 spiro atoms. The number of hydrogen-bond donors (Lipinski definition) is 1. The van der Waals surface area contributed by atoms with Crippen LogP contribution in [0.4, 0.5) is 0 Å². The van der Waals surface area contributed by atoms with Crippen molar-refractivity contribution in [1.82, 2.24) is 0 Å². The zero-order chi connectivity index (χ0) is 10.5. The van der Waals surface area contributed by atoms with E-state index in [9.17, 15) is 9.59 Å². The van der Waals surface area contributed by atoms with E-state index < -0.39 is 5.97 Å². The van der Waals surface area contributed by atoms with Gasteiger partial charge < -0.3 is 5.11 Å². The van der Waals surface area contributed by atoms with Gasteiger partial charge in [0, 0.05) is 6.42 Å². The fourth-order valence-corrected chi connectivity index (χ4v) is 1.53. The average Bonchev–Trinajstić information content (AvgIpc) is 1.81. The standard InChI is InChI=1S/C10H18O3/c1-4-5-10(2,3)7-8(11)6-9(12)13/h4-7H2,1-3H3,(H,12,13). The number of carboxylic acid groups (broad SMARTS) is 1. The van der Waals surface area contributed by atoms with Gasteiger partial charge in [-0.15, -0.1) is 0 Å². The van der Waals surface area contributed by atoms with Crippen LogP contribution in [0.2, 0.25) is 0 Å². The summed E-state index contributed by atoms with van der Waals surface area (Å²) in [6, 6.07) is 0. The van der Waals surface area contributed by atoms with Crippen molar-refractivity contribution in [2.24, 2.45) is 5.41 Å². The van der Waals surface area contributed by atoms with E-state index in [1.807, 2.05) is 13.8 Å². The zero-order valence-corrected chi connectivity index (χ0v) is 8.59. The maximum Gasteiger partial charge on any atom is 0.310 e. The van der Waals surface area contributed by atoms with E-state index in [1.165, 1.54) is 0 Å². The molecule has 1 N–H and O–H groups in total. The molecule has 0 saturated carbocycles. The summed E-state index contributed by atoms with van der Waals surface area (Å²) in [6.07, 6.45) is 2.01. The van der Waals surface area contributed by atoms with Crippen molar-refractivity contribution in [3.8, 4) is 0 Å². The van der Waals surface area contributed by atoms with Crippen LogP contribution in [0, 0.1) is 5.41 Å². The Bertz CT molecular complexity index is 194. The first-order valence-electron chi connectivity index (χ1n) is 4.61.